The molecule has 7 heteroatoms. The number of halogens is 1. The zero-order chi connectivity index (χ0) is 27.9. The number of likely N-dealkylation sites (N-methyl/N-ethyl adjacent to an activating group) is 1. The lowest BCUT2D eigenvalue weighted by atomic mass is 9.65. The molecular weight excluding hydrogens is 485 g/mol. The zero-order valence-corrected chi connectivity index (χ0v) is 24.0. The minimum absolute atomic E-state index is 0.0382. The number of rotatable bonds is 13. The third-order valence-electron chi connectivity index (χ3n) is 7.94. The molecule has 1 unspecified atom stereocenters. The Bertz CT molecular complexity index is 1050. The van der Waals surface area contributed by atoms with Crippen LogP contribution in [0.5, 0.6) is 11.5 Å². The van der Waals surface area contributed by atoms with Crippen molar-refractivity contribution < 1.29 is 28.1 Å². The molecule has 3 atom stereocenters. The Labute approximate surface area is 227 Å². The van der Waals surface area contributed by atoms with Crippen molar-refractivity contribution in [1.29, 1.82) is 0 Å². The van der Waals surface area contributed by atoms with Crippen molar-refractivity contribution in [1.82, 2.24) is 4.90 Å². The van der Waals surface area contributed by atoms with Crippen molar-refractivity contribution >= 4 is 5.97 Å². The molecule has 0 saturated heterocycles. The van der Waals surface area contributed by atoms with Crippen LogP contribution >= 0.6 is 0 Å². The van der Waals surface area contributed by atoms with Gasteiger partial charge in [0.2, 0.25) is 0 Å². The number of benzene rings is 2. The van der Waals surface area contributed by atoms with E-state index in [1.54, 1.807) is 20.3 Å². The molecule has 1 aliphatic rings. The molecular formula is C31H44FNO5. The van der Waals surface area contributed by atoms with Gasteiger partial charge in [-0.2, -0.15) is 0 Å². The summed E-state index contributed by atoms with van der Waals surface area (Å²) in [5, 5.41) is 0. The Balaban J connectivity index is 1.86. The van der Waals surface area contributed by atoms with Crippen molar-refractivity contribution in [3.05, 3.63) is 58.9 Å². The Morgan fingerprint density at radius 2 is 1.79 bits per heavy atom. The summed E-state index contributed by atoms with van der Waals surface area (Å²) < 4.78 is 36.4. The molecule has 0 aliphatic heterocycles. The van der Waals surface area contributed by atoms with Crippen LogP contribution in [0.2, 0.25) is 0 Å². The lowest BCUT2D eigenvalue weighted by Crippen LogP contribution is -2.49. The Kier molecular flexibility index (Phi) is 10.6. The van der Waals surface area contributed by atoms with Gasteiger partial charge in [-0.05, 0) is 79.6 Å². The summed E-state index contributed by atoms with van der Waals surface area (Å²) in [5.74, 6) is 1.13. The van der Waals surface area contributed by atoms with Crippen LogP contribution in [0.3, 0.4) is 0 Å². The standard InChI is InChI=1S/C31H44FNO5/c1-8-25(15-22-16-26(36-6)19-27(17-22)37-7)33(4)14-13-31(38-29(34)20-35-5)12-11-23-18-24(32)9-10-28(23)30(31)21(2)3/h9-10,16-19,21,25,30H,8,11-15,20H2,1-7H3/t25?,30-,31-/m0/s1. The molecule has 38 heavy (non-hydrogen) atoms. The maximum absolute atomic E-state index is 14.1. The predicted octanol–water partition coefficient (Wildman–Crippen LogP) is 5.80. The maximum atomic E-state index is 14.1. The van der Waals surface area contributed by atoms with Crippen LogP contribution in [-0.2, 0) is 27.1 Å². The highest BCUT2D eigenvalue weighted by Gasteiger charge is 2.48. The monoisotopic (exact) mass is 529 g/mol. The van der Waals surface area contributed by atoms with Gasteiger partial charge in [0, 0.05) is 38.1 Å². The van der Waals surface area contributed by atoms with Crippen LogP contribution in [0.1, 0.15) is 62.6 Å². The molecule has 2 aromatic carbocycles. The van der Waals surface area contributed by atoms with E-state index < -0.39 is 5.60 Å². The molecule has 0 saturated carbocycles. The molecule has 210 valence electrons. The summed E-state index contributed by atoms with van der Waals surface area (Å²) in [5.41, 5.74) is 2.54. The van der Waals surface area contributed by atoms with Gasteiger partial charge in [-0.15, -0.1) is 0 Å². The fraction of sp³-hybridized carbons (Fsp3) is 0.581. The number of nitrogens with zero attached hydrogens (tertiary/aromatic N) is 1. The molecule has 3 rings (SSSR count). The summed E-state index contributed by atoms with van der Waals surface area (Å²) in [4.78, 5) is 15.2. The fourth-order valence-electron chi connectivity index (χ4n) is 6.08. The average molecular weight is 530 g/mol. The molecule has 2 aromatic rings. The van der Waals surface area contributed by atoms with Crippen LogP contribution in [-0.4, -0.2) is 64.0 Å². The van der Waals surface area contributed by atoms with E-state index in [1.165, 1.54) is 13.2 Å². The maximum Gasteiger partial charge on any atom is 0.332 e. The molecule has 0 N–H and O–H groups in total. The van der Waals surface area contributed by atoms with E-state index in [9.17, 15) is 9.18 Å². The third kappa shape index (κ3) is 7.06. The molecule has 0 radical (unpaired) electrons. The van der Waals surface area contributed by atoms with Gasteiger partial charge < -0.3 is 23.8 Å². The van der Waals surface area contributed by atoms with Crippen LogP contribution in [0.15, 0.2) is 36.4 Å². The number of methoxy groups -OCH3 is 3. The molecule has 0 amide bonds. The quantitative estimate of drug-likeness (QED) is 0.306. The highest BCUT2D eigenvalue weighted by atomic mass is 19.1. The molecule has 0 fully saturated rings. The van der Waals surface area contributed by atoms with Gasteiger partial charge in [0.1, 0.15) is 29.5 Å². The molecule has 0 bridgehead atoms. The number of esters is 1. The van der Waals surface area contributed by atoms with Crippen molar-refractivity contribution in [3.8, 4) is 11.5 Å². The topological polar surface area (TPSA) is 57.2 Å². The summed E-state index contributed by atoms with van der Waals surface area (Å²) in [6.07, 6.45) is 3.80. The second-order valence-corrected chi connectivity index (χ2v) is 10.8. The first-order valence-electron chi connectivity index (χ1n) is 13.6. The van der Waals surface area contributed by atoms with Crippen LogP contribution < -0.4 is 9.47 Å². The largest absolute Gasteiger partial charge is 0.497 e. The predicted molar refractivity (Wildman–Crippen MR) is 148 cm³/mol. The van der Waals surface area contributed by atoms with Gasteiger partial charge in [-0.25, -0.2) is 9.18 Å². The number of aryl methyl sites for hydroxylation is 1. The summed E-state index contributed by atoms with van der Waals surface area (Å²) in [6.45, 7) is 7.15. The van der Waals surface area contributed by atoms with E-state index in [4.69, 9.17) is 18.9 Å². The van der Waals surface area contributed by atoms with Crippen LogP contribution in [0.25, 0.3) is 0 Å². The molecule has 0 aromatic heterocycles. The number of hydrogen-bond donors (Lipinski definition) is 0. The molecule has 0 spiro atoms. The van der Waals surface area contributed by atoms with Gasteiger partial charge in [0.05, 0.1) is 14.2 Å². The lowest BCUT2D eigenvalue weighted by Gasteiger charge is -2.47. The van der Waals surface area contributed by atoms with E-state index in [-0.39, 0.29) is 36.3 Å². The number of carbonyl (C=O) groups excluding carboxylic acids is 1. The summed E-state index contributed by atoms with van der Waals surface area (Å²) >= 11 is 0. The SMILES string of the molecule is CCC(Cc1cc(OC)cc(OC)c1)N(C)CC[C@@]1(OC(=O)COC)CCc2cc(F)ccc2[C@@H]1C(C)C. The molecule has 1 aliphatic carbocycles. The molecule has 0 heterocycles. The lowest BCUT2D eigenvalue weighted by molar-refractivity contribution is -0.172. The summed E-state index contributed by atoms with van der Waals surface area (Å²) in [7, 11) is 6.95. The second-order valence-electron chi connectivity index (χ2n) is 10.8. The fourth-order valence-corrected chi connectivity index (χ4v) is 6.08. The van der Waals surface area contributed by atoms with E-state index in [2.05, 4.69) is 44.9 Å². The Hall–Kier alpha value is -2.64. The first-order chi connectivity index (χ1) is 18.2. The first kappa shape index (κ1) is 29.9. The van der Waals surface area contributed by atoms with E-state index in [0.717, 1.165) is 47.6 Å². The minimum Gasteiger partial charge on any atom is -0.497 e. The van der Waals surface area contributed by atoms with Crippen LogP contribution in [0, 0.1) is 11.7 Å². The highest BCUT2D eigenvalue weighted by molar-refractivity contribution is 5.71. The Morgan fingerprint density at radius 1 is 1.11 bits per heavy atom. The van der Waals surface area contributed by atoms with Crippen molar-refractivity contribution in [2.45, 2.75) is 70.4 Å². The Morgan fingerprint density at radius 3 is 2.37 bits per heavy atom. The van der Waals surface area contributed by atoms with Crippen molar-refractivity contribution in [2.75, 3.05) is 41.5 Å². The van der Waals surface area contributed by atoms with E-state index >= 15 is 0 Å². The van der Waals surface area contributed by atoms with Gasteiger partial charge in [0.25, 0.3) is 0 Å². The second kappa shape index (κ2) is 13.4. The van der Waals surface area contributed by atoms with Gasteiger partial charge in [-0.1, -0.05) is 26.8 Å². The van der Waals surface area contributed by atoms with E-state index in [0.29, 0.717) is 19.3 Å². The molecule has 6 nitrogen and oxygen atoms in total. The summed E-state index contributed by atoms with van der Waals surface area (Å²) in [6, 6.07) is 11.3. The van der Waals surface area contributed by atoms with Gasteiger partial charge >= 0.3 is 5.97 Å². The van der Waals surface area contributed by atoms with Crippen LogP contribution in [0.4, 0.5) is 4.39 Å². The van der Waals surface area contributed by atoms with Gasteiger partial charge in [0.15, 0.2) is 0 Å². The highest BCUT2D eigenvalue weighted by Crippen LogP contribution is 2.48. The number of fused-ring (bicyclic) bond motifs is 1. The normalized spacial score (nSPS) is 19.8. The first-order valence-corrected chi connectivity index (χ1v) is 13.6. The van der Waals surface area contributed by atoms with Crippen molar-refractivity contribution in [3.63, 3.8) is 0 Å². The number of hydrogen-bond acceptors (Lipinski definition) is 6. The smallest absolute Gasteiger partial charge is 0.332 e. The number of ether oxygens (including phenoxy) is 4. The third-order valence-corrected chi connectivity index (χ3v) is 7.94. The minimum atomic E-state index is -0.694. The van der Waals surface area contributed by atoms with Crippen molar-refractivity contribution in [2.24, 2.45) is 5.92 Å². The number of carbonyl (C=O) groups is 1. The average Bonchev–Trinajstić information content (AvgIpc) is 2.90. The van der Waals surface area contributed by atoms with Gasteiger partial charge in [-0.3, -0.25) is 0 Å². The zero-order valence-electron chi connectivity index (χ0n) is 24.0. The van der Waals surface area contributed by atoms with E-state index in [1.807, 2.05) is 12.1 Å².